The van der Waals surface area contributed by atoms with Crippen molar-refractivity contribution in [2.24, 2.45) is 0 Å². The molecule has 0 spiro atoms. The minimum atomic E-state index is -0.485. The number of hydrogen-bond acceptors (Lipinski definition) is 8. The van der Waals surface area contributed by atoms with Gasteiger partial charge in [0.15, 0.2) is 0 Å². The summed E-state index contributed by atoms with van der Waals surface area (Å²) in [6.45, 7) is 0. The minimum Gasteiger partial charge on any atom is -0.330 e. The first kappa shape index (κ1) is 9.98. The van der Waals surface area contributed by atoms with Gasteiger partial charge in [0.1, 0.15) is 0 Å². The molecule has 1 aromatic carbocycles. The minimum absolute atomic E-state index is 0.458. The molecule has 1 aliphatic rings. The number of hydrogen-bond donors (Lipinski definition) is 5. The number of hydrazine groups is 6. The molecule has 1 fully saturated rings. The van der Waals surface area contributed by atoms with Crippen molar-refractivity contribution in [1.82, 2.24) is 33.0 Å². The molecule has 0 radical (unpaired) electrons. The van der Waals surface area contributed by atoms with Crippen LogP contribution in [0.5, 0.6) is 0 Å². The van der Waals surface area contributed by atoms with Crippen molar-refractivity contribution in [3.63, 3.8) is 0 Å². The van der Waals surface area contributed by atoms with Gasteiger partial charge < -0.3 is 4.84 Å². The summed E-state index contributed by atoms with van der Waals surface area (Å²) in [5, 5.41) is 0.978. The fraction of sp³-hybridized carbons (Fsp3) is 0. The van der Waals surface area contributed by atoms with Crippen molar-refractivity contribution in [1.29, 1.82) is 0 Å². The van der Waals surface area contributed by atoms with Gasteiger partial charge in [-0.2, -0.15) is 16.6 Å². The number of carbonyl (C=O) groups excluding carboxylic acids is 1. The average Bonchev–Trinajstić information content (AvgIpc) is 2.31. The van der Waals surface area contributed by atoms with Gasteiger partial charge in [-0.3, -0.25) is 0 Å². The largest absolute Gasteiger partial charge is 0.360 e. The number of nitrogens with one attached hydrogen (secondary N) is 5. The second-order valence-corrected chi connectivity index (χ2v) is 2.64. The van der Waals surface area contributed by atoms with Gasteiger partial charge in [-0.05, 0) is 12.1 Å². The summed E-state index contributed by atoms with van der Waals surface area (Å²) >= 11 is 0. The van der Waals surface area contributed by atoms with Crippen LogP contribution in [0.25, 0.3) is 0 Å². The van der Waals surface area contributed by atoms with E-state index in [0.29, 0.717) is 5.56 Å². The van der Waals surface area contributed by atoms with E-state index in [1.165, 1.54) is 0 Å². The Kier molecular flexibility index (Phi) is 3.19. The Labute approximate surface area is 85.3 Å². The summed E-state index contributed by atoms with van der Waals surface area (Å²) in [7, 11) is 0. The van der Waals surface area contributed by atoms with Gasteiger partial charge in [0.2, 0.25) is 0 Å². The molecule has 1 saturated heterocycles. The topological polar surface area (TPSA) is 89.7 Å². The lowest BCUT2D eigenvalue weighted by atomic mass is 10.2. The standard InChI is InChI=1S/C7H10N6O2/c14-7(6-4-2-1-3-5-6)15-13-11-9-8-10-12-13/h1-5,8-12H. The second-order valence-electron chi connectivity index (χ2n) is 2.64. The molecule has 0 saturated carbocycles. The smallest absolute Gasteiger partial charge is 0.330 e. The number of rotatable bonds is 2. The van der Waals surface area contributed by atoms with Crippen molar-refractivity contribution in [2.75, 3.05) is 0 Å². The lowest BCUT2D eigenvalue weighted by Crippen LogP contribution is -2.72. The molecule has 0 bridgehead atoms. The van der Waals surface area contributed by atoms with Gasteiger partial charge in [-0.25, -0.2) is 4.79 Å². The first-order valence-electron chi connectivity index (χ1n) is 4.20. The third-order valence-electron chi connectivity index (χ3n) is 1.62. The molecule has 8 nitrogen and oxygen atoms in total. The van der Waals surface area contributed by atoms with Crippen LogP contribution in [-0.4, -0.2) is 11.3 Å². The van der Waals surface area contributed by atoms with Crippen LogP contribution in [0.2, 0.25) is 0 Å². The molecule has 15 heavy (non-hydrogen) atoms. The van der Waals surface area contributed by atoms with Gasteiger partial charge >= 0.3 is 5.97 Å². The maximum absolute atomic E-state index is 11.5. The van der Waals surface area contributed by atoms with Gasteiger partial charge in [0, 0.05) is 5.28 Å². The van der Waals surface area contributed by atoms with Crippen LogP contribution in [0, 0.1) is 0 Å². The quantitative estimate of drug-likeness (QED) is 0.403. The Balaban J connectivity index is 1.91. The van der Waals surface area contributed by atoms with Crippen LogP contribution >= 0.6 is 0 Å². The molecule has 80 valence electrons. The Morgan fingerprint density at radius 3 is 2.40 bits per heavy atom. The Hall–Kier alpha value is -1.55. The van der Waals surface area contributed by atoms with Crippen LogP contribution in [0.15, 0.2) is 30.3 Å². The van der Waals surface area contributed by atoms with Crippen molar-refractivity contribution in [3.8, 4) is 0 Å². The summed E-state index contributed by atoms with van der Waals surface area (Å²) in [5.41, 5.74) is 12.8. The third kappa shape index (κ3) is 2.70. The maximum atomic E-state index is 11.5. The van der Waals surface area contributed by atoms with Gasteiger partial charge in [0.25, 0.3) is 0 Å². The van der Waals surface area contributed by atoms with Crippen molar-refractivity contribution < 1.29 is 9.63 Å². The zero-order valence-corrected chi connectivity index (χ0v) is 7.65. The molecule has 1 heterocycles. The van der Waals surface area contributed by atoms with Crippen molar-refractivity contribution in [3.05, 3.63) is 35.9 Å². The monoisotopic (exact) mass is 210 g/mol. The van der Waals surface area contributed by atoms with Crippen LogP contribution < -0.4 is 27.7 Å². The maximum Gasteiger partial charge on any atom is 0.360 e. The zero-order valence-electron chi connectivity index (χ0n) is 7.65. The Morgan fingerprint density at radius 1 is 1.07 bits per heavy atom. The number of carbonyl (C=O) groups is 1. The molecular formula is C7H10N6O2. The predicted molar refractivity (Wildman–Crippen MR) is 49.4 cm³/mol. The summed E-state index contributed by atoms with van der Waals surface area (Å²) < 4.78 is 0. The summed E-state index contributed by atoms with van der Waals surface area (Å²) in [4.78, 5) is 16.4. The first-order chi connectivity index (χ1) is 7.36. The molecule has 0 aliphatic carbocycles. The lowest BCUT2D eigenvalue weighted by Gasteiger charge is -2.27. The number of benzene rings is 1. The average molecular weight is 210 g/mol. The predicted octanol–water partition coefficient (Wildman–Crippen LogP) is -1.49. The van der Waals surface area contributed by atoms with E-state index < -0.39 is 5.97 Å². The van der Waals surface area contributed by atoms with E-state index in [1.807, 2.05) is 6.07 Å². The third-order valence-corrected chi connectivity index (χ3v) is 1.62. The Morgan fingerprint density at radius 2 is 1.73 bits per heavy atom. The highest BCUT2D eigenvalue weighted by atomic mass is 16.8. The fourth-order valence-electron chi connectivity index (χ4n) is 0.972. The first-order valence-corrected chi connectivity index (χ1v) is 4.20. The second kappa shape index (κ2) is 4.79. The highest BCUT2D eigenvalue weighted by Gasteiger charge is 2.14. The van der Waals surface area contributed by atoms with E-state index in [4.69, 9.17) is 4.84 Å². The van der Waals surface area contributed by atoms with E-state index >= 15 is 0 Å². The lowest BCUT2D eigenvalue weighted by molar-refractivity contribution is -0.233. The molecule has 8 heteroatoms. The van der Waals surface area contributed by atoms with Gasteiger partial charge in [-0.1, -0.05) is 18.2 Å². The van der Waals surface area contributed by atoms with Crippen molar-refractivity contribution in [2.45, 2.75) is 0 Å². The number of nitrogens with zero attached hydrogens (tertiary/aromatic N) is 1. The molecule has 0 atom stereocenters. The zero-order chi connectivity index (χ0) is 10.5. The highest BCUT2D eigenvalue weighted by Crippen LogP contribution is 2.00. The van der Waals surface area contributed by atoms with E-state index in [-0.39, 0.29) is 0 Å². The molecule has 5 N–H and O–H groups in total. The van der Waals surface area contributed by atoms with Crippen LogP contribution in [0.1, 0.15) is 10.4 Å². The SMILES string of the molecule is O=C(ON1NNNNN1)c1ccccc1. The molecule has 1 aromatic rings. The van der Waals surface area contributed by atoms with E-state index in [0.717, 1.165) is 5.28 Å². The fourth-order valence-corrected chi connectivity index (χ4v) is 0.972. The van der Waals surface area contributed by atoms with E-state index in [2.05, 4.69) is 27.7 Å². The van der Waals surface area contributed by atoms with Gasteiger partial charge in [-0.15, -0.1) is 11.1 Å². The van der Waals surface area contributed by atoms with Crippen molar-refractivity contribution >= 4 is 5.97 Å². The molecule has 0 amide bonds. The summed E-state index contributed by atoms with van der Waals surface area (Å²) in [6.07, 6.45) is 0. The Bertz CT molecular complexity index is 326. The van der Waals surface area contributed by atoms with Gasteiger partial charge in [0.05, 0.1) is 5.56 Å². The van der Waals surface area contributed by atoms with Crippen LogP contribution in [-0.2, 0) is 4.84 Å². The molecule has 1 aliphatic heterocycles. The molecule has 2 rings (SSSR count). The summed E-state index contributed by atoms with van der Waals surface area (Å²) in [6, 6.07) is 8.65. The molecule has 0 aromatic heterocycles. The highest BCUT2D eigenvalue weighted by molar-refractivity contribution is 5.88. The molecule has 0 unspecified atom stereocenters. The van der Waals surface area contributed by atoms with E-state index in [1.54, 1.807) is 24.3 Å². The normalized spacial score (nSPS) is 17.3. The van der Waals surface area contributed by atoms with E-state index in [9.17, 15) is 4.79 Å². The van der Waals surface area contributed by atoms with Crippen LogP contribution in [0.4, 0.5) is 0 Å². The van der Waals surface area contributed by atoms with Crippen LogP contribution in [0.3, 0.4) is 0 Å². The molecular weight excluding hydrogens is 200 g/mol. The summed E-state index contributed by atoms with van der Waals surface area (Å²) in [5.74, 6) is -0.485.